The van der Waals surface area contributed by atoms with Crippen LogP contribution in [0.1, 0.15) is 0 Å². The largest absolute Gasteiger partial charge is 0.398 e. The lowest BCUT2D eigenvalue weighted by Crippen LogP contribution is -2.38. The average molecular weight is 342 g/mol. The second-order valence-electron chi connectivity index (χ2n) is 3.96. The van der Waals surface area contributed by atoms with E-state index in [1.54, 1.807) is 13.1 Å². The van der Waals surface area contributed by atoms with Crippen LogP contribution in [0, 0.1) is 0 Å². The van der Waals surface area contributed by atoms with E-state index in [0.717, 1.165) is 9.46 Å². The first kappa shape index (κ1) is 14.0. The van der Waals surface area contributed by atoms with Gasteiger partial charge in [-0.05, 0) is 28.1 Å². The van der Waals surface area contributed by atoms with Crippen molar-refractivity contribution in [3.05, 3.63) is 49.6 Å². The maximum atomic E-state index is 11.9. The summed E-state index contributed by atoms with van der Waals surface area (Å²) in [6, 6.07) is 7.30. The van der Waals surface area contributed by atoms with Gasteiger partial charge in [0.2, 0.25) is 0 Å². The number of rotatable bonds is 2. The molecule has 1 aromatic heterocycles. The van der Waals surface area contributed by atoms with Crippen molar-refractivity contribution in [2.75, 3.05) is 5.73 Å². The molecule has 0 radical (unpaired) electrons. The molecule has 1 aromatic carbocycles. The molecule has 0 aliphatic carbocycles. The van der Waals surface area contributed by atoms with Gasteiger partial charge in [0, 0.05) is 24.7 Å². The monoisotopic (exact) mass is 341 g/mol. The smallest absolute Gasteiger partial charge is 0.331 e. The number of halogens is 1. The molecule has 19 heavy (non-hydrogen) atoms. The minimum atomic E-state index is -0.370. The van der Waals surface area contributed by atoms with Crippen molar-refractivity contribution in [3.8, 4) is 0 Å². The predicted molar refractivity (Wildman–Crippen MR) is 79.6 cm³/mol. The zero-order valence-corrected chi connectivity index (χ0v) is 12.8. The molecule has 0 amide bonds. The van der Waals surface area contributed by atoms with Crippen molar-refractivity contribution in [1.29, 1.82) is 0 Å². The highest BCUT2D eigenvalue weighted by Crippen LogP contribution is 2.33. The van der Waals surface area contributed by atoms with Crippen LogP contribution >= 0.6 is 27.7 Å². The fourth-order valence-corrected chi connectivity index (χ4v) is 3.28. The summed E-state index contributed by atoms with van der Waals surface area (Å²) in [6.07, 6.45) is 0. The number of nitrogen functional groups attached to an aromatic ring is 1. The second kappa shape index (κ2) is 5.26. The summed E-state index contributed by atoms with van der Waals surface area (Å²) >= 11 is 4.53. The molecule has 0 saturated heterocycles. The number of hydrogen-bond acceptors (Lipinski definition) is 4. The van der Waals surface area contributed by atoms with E-state index in [4.69, 9.17) is 5.73 Å². The summed E-state index contributed by atoms with van der Waals surface area (Å²) in [4.78, 5) is 24.6. The lowest BCUT2D eigenvalue weighted by atomic mass is 10.3. The number of nitrogens with two attached hydrogens (primary N) is 1. The average Bonchev–Trinajstić information content (AvgIpc) is 2.41. The maximum Gasteiger partial charge on any atom is 0.331 e. The standard InChI is InChI=1S/C12H12BrN3O2S/c1-15-10(17)9(13)11(16(2)12(15)18)19-8-6-4-3-5-7(8)14/h3-6H,14H2,1-2H3. The van der Waals surface area contributed by atoms with Crippen LogP contribution in [0.25, 0.3) is 0 Å². The van der Waals surface area contributed by atoms with Gasteiger partial charge in [-0.2, -0.15) is 0 Å². The molecule has 0 spiro atoms. The Kier molecular flexibility index (Phi) is 3.86. The van der Waals surface area contributed by atoms with Gasteiger partial charge in [-0.25, -0.2) is 4.79 Å². The van der Waals surface area contributed by atoms with Gasteiger partial charge in [0.05, 0.1) is 0 Å². The minimum Gasteiger partial charge on any atom is -0.398 e. The third kappa shape index (κ3) is 2.48. The van der Waals surface area contributed by atoms with Crippen LogP contribution in [0.3, 0.4) is 0 Å². The van der Waals surface area contributed by atoms with E-state index in [1.807, 2.05) is 18.2 Å². The summed E-state index contributed by atoms with van der Waals surface area (Å²) in [5, 5.41) is 0.533. The Hall–Kier alpha value is -1.47. The first-order chi connectivity index (χ1) is 8.93. The molecule has 2 N–H and O–H groups in total. The molecule has 0 aliphatic heterocycles. The first-order valence-corrected chi connectivity index (χ1v) is 7.02. The lowest BCUT2D eigenvalue weighted by molar-refractivity contribution is 0.627. The number of hydrogen-bond donors (Lipinski definition) is 1. The van der Waals surface area contributed by atoms with Crippen LogP contribution in [0.5, 0.6) is 0 Å². The van der Waals surface area contributed by atoms with E-state index in [2.05, 4.69) is 15.9 Å². The maximum absolute atomic E-state index is 11.9. The molecule has 2 aromatic rings. The van der Waals surface area contributed by atoms with Crippen LogP contribution in [0.15, 0.2) is 48.2 Å². The Morgan fingerprint density at radius 1 is 1.16 bits per heavy atom. The number of anilines is 1. The van der Waals surface area contributed by atoms with Gasteiger partial charge in [0.15, 0.2) is 0 Å². The van der Waals surface area contributed by atoms with Crippen LogP contribution < -0.4 is 17.0 Å². The van der Waals surface area contributed by atoms with E-state index in [1.165, 1.54) is 23.4 Å². The molecule has 0 unspecified atom stereocenters. The third-order valence-electron chi connectivity index (χ3n) is 2.68. The van der Waals surface area contributed by atoms with Crippen LogP contribution in [-0.2, 0) is 14.1 Å². The first-order valence-electron chi connectivity index (χ1n) is 5.41. The highest BCUT2D eigenvalue weighted by Gasteiger charge is 2.15. The SMILES string of the molecule is Cn1c(Sc2ccccc2N)c(Br)c(=O)n(C)c1=O. The quantitative estimate of drug-likeness (QED) is 0.665. The van der Waals surface area contributed by atoms with Gasteiger partial charge < -0.3 is 5.73 Å². The number of aromatic nitrogens is 2. The van der Waals surface area contributed by atoms with E-state index in [9.17, 15) is 9.59 Å². The molecule has 0 saturated carbocycles. The summed E-state index contributed by atoms with van der Waals surface area (Å²) in [7, 11) is 3.06. The molecule has 0 atom stereocenters. The number of benzene rings is 1. The van der Waals surface area contributed by atoms with E-state index in [-0.39, 0.29) is 11.2 Å². The van der Waals surface area contributed by atoms with Gasteiger partial charge >= 0.3 is 5.69 Å². The lowest BCUT2D eigenvalue weighted by Gasteiger charge is -2.12. The van der Waals surface area contributed by atoms with Crippen LogP contribution in [0.2, 0.25) is 0 Å². The molecular formula is C12H12BrN3O2S. The number of para-hydroxylation sites is 1. The summed E-state index contributed by atoms with van der Waals surface area (Å²) in [6.45, 7) is 0. The van der Waals surface area contributed by atoms with Crippen molar-refractivity contribution >= 4 is 33.4 Å². The third-order valence-corrected chi connectivity index (χ3v) is 4.92. The molecule has 2 rings (SSSR count). The van der Waals surface area contributed by atoms with Gasteiger partial charge in [0.25, 0.3) is 5.56 Å². The topological polar surface area (TPSA) is 70.0 Å². The van der Waals surface area contributed by atoms with Crippen molar-refractivity contribution in [2.24, 2.45) is 14.1 Å². The Morgan fingerprint density at radius 2 is 1.79 bits per heavy atom. The van der Waals surface area contributed by atoms with Gasteiger partial charge in [0.1, 0.15) is 9.50 Å². The molecular weight excluding hydrogens is 330 g/mol. The number of nitrogens with zero attached hydrogens (tertiary/aromatic N) is 2. The van der Waals surface area contributed by atoms with Crippen molar-refractivity contribution in [3.63, 3.8) is 0 Å². The normalized spacial score (nSPS) is 10.7. The highest BCUT2D eigenvalue weighted by molar-refractivity contribution is 9.10. The van der Waals surface area contributed by atoms with E-state index < -0.39 is 0 Å². The Labute approximate surface area is 122 Å². The summed E-state index contributed by atoms with van der Waals surface area (Å²) < 4.78 is 2.83. The zero-order valence-electron chi connectivity index (χ0n) is 10.4. The molecule has 7 heteroatoms. The van der Waals surface area contributed by atoms with Gasteiger partial charge in [-0.1, -0.05) is 23.9 Å². The predicted octanol–water partition coefficient (Wildman–Crippen LogP) is 1.58. The minimum absolute atomic E-state index is 0.352. The molecule has 0 aliphatic rings. The van der Waals surface area contributed by atoms with Crippen molar-refractivity contribution in [2.45, 2.75) is 9.92 Å². The molecule has 1 heterocycles. The van der Waals surface area contributed by atoms with Crippen LogP contribution in [0.4, 0.5) is 5.69 Å². The summed E-state index contributed by atoms with van der Waals surface area (Å²) in [5.74, 6) is 0. The Morgan fingerprint density at radius 3 is 2.42 bits per heavy atom. The Balaban J connectivity index is 2.62. The highest BCUT2D eigenvalue weighted by atomic mass is 79.9. The molecule has 0 fully saturated rings. The fourth-order valence-electron chi connectivity index (χ4n) is 1.58. The van der Waals surface area contributed by atoms with Gasteiger partial charge in [-0.3, -0.25) is 13.9 Å². The van der Waals surface area contributed by atoms with E-state index >= 15 is 0 Å². The summed E-state index contributed by atoms with van der Waals surface area (Å²) in [5.41, 5.74) is 5.74. The molecule has 0 bridgehead atoms. The van der Waals surface area contributed by atoms with Gasteiger partial charge in [-0.15, -0.1) is 0 Å². The molecule has 5 nitrogen and oxygen atoms in total. The zero-order chi connectivity index (χ0) is 14.2. The van der Waals surface area contributed by atoms with Crippen molar-refractivity contribution in [1.82, 2.24) is 9.13 Å². The Bertz CT molecular complexity index is 714. The second-order valence-corrected chi connectivity index (χ2v) is 5.79. The van der Waals surface area contributed by atoms with Crippen LogP contribution in [-0.4, -0.2) is 9.13 Å². The fraction of sp³-hybridized carbons (Fsp3) is 0.167. The van der Waals surface area contributed by atoms with Crippen molar-refractivity contribution < 1.29 is 0 Å². The van der Waals surface area contributed by atoms with E-state index in [0.29, 0.717) is 15.2 Å². The molecule has 100 valence electrons.